The maximum absolute atomic E-state index is 8.43. The van der Waals surface area contributed by atoms with Crippen LogP contribution in [0.15, 0.2) is 15.0 Å². The molecule has 1 atom stereocenters. The number of thioether (sulfide) groups is 1. The molecule has 7 heteroatoms. The Hall–Kier alpha value is -1.55. The summed E-state index contributed by atoms with van der Waals surface area (Å²) in [6.07, 6.45) is 3.45. The summed E-state index contributed by atoms with van der Waals surface area (Å²) in [5, 5.41) is 13.9. The first-order valence-electron chi connectivity index (χ1n) is 5.27. The summed E-state index contributed by atoms with van der Waals surface area (Å²) in [5.41, 5.74) is 1.08. The molecule has 0 amide bonds. The van der Waals surface area contributed by atoms with E-state index in [1.54, 1.807) is 25.1 Å². The minimum absolute atomic E-state index is 0.233. The van der Waals surface area contributed by atoms with Crippen molar-refractivity contribution in [3.05, 3.63) is 0 Å². The Bertz CT molecular complexity index is 367. The second-order valence-electron chi connectivity index (χ2n) is 3.36. The van der Waals surface area contributed by atoms with Crippen molar-refractivity contribution in [1.29, 1.82) is 5.26 Å². The van der Waals surface area contributed by atoms with Gasteiger partial charge in [-0.2, -0.15) is 17.0 Å². The van der Waals surface area contributed by atoms with E-state index in [4.69, 9.17) is 5.26 Å². The summed E-state index contributed by atoms with van der Waals surface area (Å²) in [5.74, 6) is 2.38. The molecule has 0 aliphatic carbocycles. The summed E-state index contributed by atoms with van der Waals surface area (Å²) >= 11 is 1.80. The van der Waals surface area contributed by atoms with Gasteiger partial charge in [0.25, 0.3) is 0 Å². The van der Waals surface area contributed by atoms with Gasteiger partial charge in [-0.15, -0.1) is 0 Å². The van der Waals surface area contributed by atoms with Gasteiger partial charge in [0.2, 0.25) is 5.96 Å². The van der Waals surface area contributed by atoms with Crippen LogP contribution in [0, 0.1) is 11.5 Å². The quantitative estimate of drug-likeness (QED) is 0.241. The molecule has 1 heterocycles. The monoisotopic (exact) mass is 252 g/mol. The Labute approximate surface area is 105 Å². The molecular weight excluding hydrogens is 236 g/mol. The molecule has 0 saturated carbocycles. The highest BCUT2D eigenvalue weighted by molar-refractivity contribution is 7.99. The fraction of sp³-hybridized carbons (Fsp3) is 0.600. The molecule has 0 unspecified atom stereocenters. The molecule has 0 aromatic carbocycles. The van der Waals surface area contributed by atoms with Crippen LogP contribution in [0.3, 0.4) is 0 Å². The molecule has 0 saturated heterocycles. The lowest BCUT2D eigenvalue weighted by Crippen LogP contribution is -2.35. The number of aliphatic imine (C=N–C) groups is 3. The maximum Gasteiger partial charge on any atom is 0.204 e. The van der Waals surface area contributed by atoms with Gasteiger partial charge in [-0.05, 0) is 6.92 Å². The Morgan fingerprint density at radius 1 is 1.71 bits per heavy atom. The standard InChI is InChI=1S/C10H16N6S/c1-8-9(16-7-15-8)5-17-4-3-13-10(12-2)14-6-11/h7,9H,3-5H2,1-2H3,(H2,12,13,14)/t9-/m1/s1. The zero-order valence-electron chi connectivity index (χ0n) is 9.97. The zero-order valence-corrected chi connectivity index (χ0v) is 10.8. The van der Waals surface area contributed by atoms with E-state index in [9.17, 15) is 0 Å². The lowest BCUT2D eigenvalue weighted by Gasteiger charge is -2.09. The number of nitrogens with one attached hydrogen (secondary N) is 2. The van der Waals surface area contributed by atoms with Gasteiger partial charge in [-0.3, -0.25) is 15.3 Å². The zero-order chi connectivity index (χ0) is 12.5. The summed E-state index contributed by atoms with van der Waals surface area (Å²) < 4.78 is 0. The van der Waals surface area contributed by atoms with Crippen LogP contribution in [0.2, 0.25) is 0 Å². The Morgan fingerprint density at radius 3 is 3.12 bits per heavy atom. The molecule has 0 radical (unpaired) electrons. The van der Waals surface area contributed by atoms with Crippen LogP contribution in [-0.2, 0) is 0 Å². The third-order valence-electron chi connectivity index (χ3n) is 2.20. The van der Waals surface area contributed by atoms with E-state index in [2.05, 4.69) is 25.6 Å². The first kappa shape index (κ1) is 13.5. The van der Waals surface area contributed by atoms with E-state index < -0.39 is 0 Å². The fourth-order valence-corrected chi connectivity index (χ4v) is 2.19. The van der Waals surface area contributed by atoms with Crippen LogP contribution >= 0.6 is 11.8 Å². The minimum Gasteiger partial charge on any atom is -0.355 e. The van der Waals surface area contributed by atoms with Crippen molar-refractivity contribution in [2.45, 2.75) is 13.0 Å². The lowest BCUT2D eigenvalue weighted by atomic mass is 10.2. The van der Waals surface area contributed by atoms with Crippen molar-refractivity contribution in [3.63, 3.8) is 0 Å². The second kappa shape index (κ2) is 7.68. The number of nitriles is 1. The molecule has 0 bridgehead atoms. The van der Waals surface area contributed by atoms with Crippen molar-refractivity contribution < 1.29 is 0 Å². The Morgan fingerprint density at radius 2 is 2.53 bits per heavy atom. The van der Waals surface area contributed by atoms with Crippen LogP contribution in [-0.4, -0.2) is 49.1 Å². The molecular formula is C10H16N6S. The molecule has 0 spiro atoms. The Kier molecular flexibility index (Phi) is 6.10. The second-order valence-corrected chi connectivity index (χ2v) is 4.51. The van der Waals surface area contributed by atoms with Gasteiger partial charge >= 0.3 is 0 Å². The van der Waals surface area contributed by atoms with Crippen molar-refractivity contribution >= 4 is 29.8 Å². The molecule has 6 nitrogen and oxygen atoms in total. The van der Waals surface area contributed by atoms with Gasteiger partial charge in [0.05, 0.1) is 6.04 Å². The highest BCUT2D eigenvalue weighted by Crippen LogP contribution is 2.09. The molecule has 0 aromatic rings. The Balaban J connectivity index is 2.07. The minimum atomic E-state index is 0.233. The van der Waals surface area contributed by atoms with E-state index >= 15 is 0 Å². The smallest absolute Gasteiger partial charge is 0.204 e. The van der Waals surface area contributed by atoms with Crippen LogP contribution < -0.4 is 10.6 Å². The topological polar surface area (TPSA) is 84.9 Å². The molecule has 0 fully saturated rings. The molecule has 1 aliphatic rings. The first-order chi connectivity index (χ1) is 8.27. The fourth-order valence-electron chi connectivity index (χ4n) is 1.23. The van der Waals surface area contributed by atoms with E-state index in [1.165, 1.54) is 0 Å². The highest BCUT2D eigenvalue weighted by atomic mass is 32.2. The van der Waals surface area contributed by atoms with Crippen molar-refractivity contribution in [2.75, 3.05) is 25.1 Å². The van der Waals surface area contributed by atoms with Gasteiger partial charge < -0.3 is 5.32 Å². The van der Waals surface area contributed by atoms with E-state index in [1.807, 2.05) is 13.1 Å². The average molecular weight is 252 g/mol. The predicted molar refractivity (Wildman–Crippen MR) is 72.8 cm³/mol. The largest absolute Gasteiger partial charge is 0.355 e. The van der Waals surface area contributed by atoms with Crippen LogP contribution in [0.5, 0.6) is 0 Å². The lowest BCUT2D eigenvalue weighted by molar-refractivity contribution is 0.928. The third kappa shape index (κ3) is 4.87. The average Bonchev–Trinajstić information content (AvgIpc) is 2.73. The van der Waals surface area contributed by atoms with Crippen LogP contribution in [0.25, 0.3) is 0 Å². The SMILES string of the molecule is CN=C(NC#N)NCCSC[C@H]1N=CN=C1C. The number of rotatable bonds is 5. The van der Waals surface area contributed by atoms with Gasteiger partial charge in [0.15, 0.2) is 6.19 Å². The van der Waals surface area contributed by atoms with E-state index in [0.29, 0.717) is 5.96 Å². The van der Waals surface area contributed by atoms with E-state index in [0.717, 1.165) is 23.8 Å². The predicted octanol–water partition coefficient (Wildman–Crippen LogP) is 0.237. The van der Waals surface area contributed by atoms with Crippen molar-refractivity contribution in [1.82, 2.24) is 10.6 Å². The number of nitrogens with zero attached hydrogens (tertiary/aromatic N) is 4. The number of guanidine groups is 1. The molecule has 0 aromatic heterocycles. The van der Waals surface area contributed by atoms with Crippen molar-refractivity contribution in [3.8, 4) is 6.19 Å². The molecule has 92 valence electrons. The number of hydrogen-bond acceptors (Lipinski definition) is 5. The highest BCUT2D eigenvalue weighted by Gasteiger charge is 2.12. The number of hydrogen-bond donors (Lipinski definition) is 2. The van der Waals surface area contributed by atoms with Gasteiger partial charge in [0, 0.05) is 30.8 Å². The molecule has 1 rings (SSSR count). The van der Waals surface area contributed by atoms with Gasteiger partial charge in [-0.1, -0.05) is 0 Å². The summed E-state index contributed by atoms with van der Waals surface area (Å²) in [6.45, 7) is 2.76. The van der Waals surface area contributed by atoms with Crippen LogP contribution in [0.1, 0.15) is 6.92 Å². The molecule has 17 heavy (non-hydrogen) atoms. The van der Waals surface area contributed by atoms with Gasteiger partial charge in [-0.25, -0.2) is 4.99 Å². The summed E-state index contributed by atoms with van der Waals surface area (Å²) in [6, 6.07) is 0.233. The third-order valence-corrected chi connectivity index (χ3v) is 3.25. The summed E-state index contributed by atoms with van der Waals surface area (Å²) in [7, 11) is 1.63. The molecule has 2 N–H and O–H groups in total. The summed E-state index contributed by atoms with van der Waals surface area (Å²) in [4.78, 5) is 12.2. The maximum atomic E-state index is 8.43. The normalized spacial score (nSPS) is 18.8. The van der Waals surface area contributed by atoms with Crippen molar-refractivity contribution in [2.24, 2.45) is 15.0 Å². The first-order valence-corrected chi connectivity index (χ1v) is 6.43. The van der Waals surface area contributed by atoms with Gasteiger partial charge in [0.1, 0.15) is 6.34 Å². The van der Waals surface area contributed by atoms with Crippen LogP contribution in [0.4, 0.5) is 0 Å². The molecule has 1 aliphatic heterocycles. The van der Waals surface area contributed by atoms with E-state index in [-0.39, 0.29) is 6.04 Å².